The lowest BCUT2D eigenvalue weighted by atomic mass is 9.79. The van der Waals surface area contributed by atoms with E-state index >= 15 is 0 Å². The molecule has 1 aromatic carbocycles. The quantitative estimate of drug-likeness (QED) is 0.548. The lowest BCUT2D eigenvalue weighted by Gasteiger charge is -2.30. The Morgan fingerprint density at radius 3 is 2.37 bits per heavy atom. The van der Waals surface area contributed by atoms with Crippen molar-refractivity contribution in [3.63, 3.8) is 0 Å². The van der Waals surface area contributed by atoms with Gasteiger partial charge in [0.15, 0.2) is 0 Å². The molecular formula is C20H25N2O5-. The Kier molecular flexibility index (Phi) is 5.98. The molecular weight excluding hydrogens is 348 g/mol. The number of fused-ring (bicyclic) bond motifs is 2. The van der Waals surface area contributed by atoms with Crippen LogP contribution in [0.3, 0.4) is 0 Å². The number of nitrogens with one attached hydrogen (secondary N) is 2. The molecule has 0 unspecified atom stereocenters. The molecule has 0 spiro atoms. The van der Waals surface area contributed by atoms with Crippen LogP contribution in [-0.2, 0) is 9.59 Å². The molecule has 0 radical (unpaired) electrons. The standard InChI is InChI=1S/C20H26N2O5/c1-2-3-10-27-15-8-6-12(7-9-15)18(23)21-22-19(24)16-13-4-5-14(11-13)17(16)20(25)26/h6-9,13-14,16-17H,2-5,10-11H2,1H3,(H,21,23)(H,22,24)(H,25,26)/p-1/t13-,14+,16+,17+/m1/s1. The summed E-state index contributed by atoms with van der Waals surface area (Å²) in [6.45, 7) is 2.71. The summed E-state index contributed by atoms with van der Waals surface area (Å²) < 4.78 is 5.55. The fourth-order valence-electron chi connectivity index (χ4n) is 4.32. The molecule has 2 saturated carbocycles. The summed E-state index contributed by atoms with van der Waals surface area (Å²) in [7, 11) is 0. The lowest BCUT2D eigenvalue weighted by molar-refractivity contribution is -0.314. The van der Waals surface area contributed by atoms with E-state index in [4.69, 9.17) is 4.74 Å². The topological polar surface area (TPSA) is 108 Å². The summed E-state index contributed by atoms with van der Waals surface area (Å²) in [6.07, 6.45) is 4.42. The SMILES string of the molecule is CCCCOc1ccc(C(=O)NNC(=O)[C@H]2[C@@H]3CC[C@@H](C3)[C@@H]2C(=O)[O-])cc1. The number of carboxylic acids is 1. The molecule has 3 rings (SSSR count). The van der Waals surface area contributed by atoms with Crippen molar-refractivity contribution < 1.29 is 24.2 Å². The van der Waals surface area contributed by atoms with Gasteiger partial charge in [-0.15, -0.1) is 0 Å². The number of aliphatic carboxylic acids is 1. The number of unbranched alkanes of at least 4 members (excludes halogenated alkanes) is 1. The second-order valence-corrected chi connectivity index (χ2v) is 7.37. The van der Waals surface area contributed by atoms with E-state index in [-0.39, 0.29) is 11.8 Å². The molecule has 4 atom stereocenters. The van der Waals surface area contributed by atoms with Gasteiger partial charge < -0.3 is 14.6 Å². The van der Waals surface area contributed by atoms with Gasteiger partial charge in [0, 0.05) is 17.5 Å². The number of rotatable bonds is 7. The van der Waals surface area contributed by atoms with E-state index in [9.17, 15) is 19.5 Å². The first-order valence-electron chi connectivity index (χ1n) is 9.55. The third-order valence-corrected chi connectivity index (χ3v) is 5.67. The van der Waals surface area contributed by atoms with Gasteiger partial charge in [-0.25, -0.2) is 0 Å². The molecule has 2 aliphatic rings. The number of ether oxygens (including phenoxy) is 1. The second-order valence-electron chi connectivity index (χ2n) is 7.37. The fourth-order valence-corrected chi connectivity index (χ4v) is 4.32. The molecule has 7 heteroatoms. The van der Waals surface area contributed by atoms with E-state index in [0.717, 1.165) is 32.1 Å². The average Bonchev–Trinajstić information content (AvgIpc) is 3.28. The fraction of sp³-hybridized carbons (Fsp3) is 0.550. The van der Waals surface area contributed by atoms with Gasteiger partial charge in [-0.3, -0.25) is 20.4 Å². The number of benzene rings is 1. The van der Waals surface area contributed by atoms with Crippen molar-refractivity contribution in [2.24, 2.45) is 23.7 Å². The maximum atomic E-state index is 12.4. The Bertz CT molecular complexity index is 703. The van der Waals surface area contributed by atoms with Gasteiger partial charge in [-0.05, 0) is 61.8 Å². The number of hydrogen-bond acceptors (Lipinski definition) is 5. The number of hydrogen-bond donors (Lipinski definition) is 2. The van der Waals surface area contributed by atoms with Crippen molar-refractivity contribution in [1.82, 2.24) is 10.9 Å². The number of carbonyl (C=O) groups is 3. The number of carbonyl (C=O) groups excluding carboxylic acids is 3. The van der Waals surface area contributed by atoms with Gasteiger partial charge in [0.2, 0.25) is 5.91 Å². The van der Waals surface area contributed by atoms with Crippen LogP contribution in [0, 0.1) is 23.7 Å². The van der Waals surface area contributed by atoms with Crippen molar-refractivity contribution in [3.8, 4) is 5.75 Å². The molecule has 146 valence electrons. The van der Waals surface area contributed by atoms with Gasteiger partial charge in [0.05, 0.1) is 12.5 Å². The molecule has 0 aromatic heterocycles. The highest BCUT2D eigenvalue weighted by atomic mass is 16.5. The molecule has 0 saturated heterocycles. The summed E-state index contributed by atoms with van der Waals surface area (Å²) in [5, 5.41) is 11.4. The van der Waals surface area contributed by atoms with Gasteiger partial charge in [-0.2, -0.15) is 0 Å². The molecule has 7 nitrogen and oxygen atoms in total. The van der Waals surface area contributed by atoms with Crippen LogP contribution in [0.25, 0.3) is 0 Å². The predicted octanol–water partition coefficient (Wildman–Crippen LogP) is 1.04. The van der Waals surface area contributed by atoms with Gasteiger partial charge in [0.25, 0.3) is 5.91 Å². The molecule has 1 aromatic rings. The van der Waals surface area contributed by atoms with Crippen molar-refractivity contribution in [2.45, 2.75) is 39.0 Å². The largest absolute Gasteiger partial charge is 0.550 e. The molecule has 2 amide bonds. The highest BCUT2D eigenvalue weighted by Crippen LogP contribution is 2.52. The maximum absolute atomic E-state index is 12.4. The van der Waals surface area contributed by atoms with Crippen molar-refractivity contribution in [1.29, 1.82) is 0 Å². The Labute approximate surface area is 158 Å². The van der Waals surface area contributed by atoms with E-state index in [0.29, 0.717) is 17.9 Å². The lowest BCUT2D eigenvalue weighted by Crippen LogP contribution is -2.50. The number of carboxylic acid groups (broad SMARTS) is 1. The van der Waals surface area contributed by atoms with Crippen molar-refractivity contribution in [3.05, 3.63) is 29.8 Å². The summed E-state index contributed by atoms with van der Waals surface area (Å²) in [6, 6.07) is 6.64. The normalized spacial score (nSPS) is 25.8. The number of hydrazine groups is 1. The second kappa shape index (κ2) is 8.41. The summed E-state index contributed by atoms with van der Waals surface area (Å²) >= 11 is 0. The molecule has 2 N–H and O–H groups in total. The van der Waals surface area contributed by atoms with Crippen LogP contribution >= 0.6 is 0 Å². The first-order chi connectivity index (χ1) is 13.0. The molecule has 0 aliphatic heterocycles. The van der Waals surface area contributed by atoms with E-state index in [1.54, 1.807) is 24.3 Å². The summed E-state index contributed by atoms with van der Waals surface area (Å²) in [4.78, 5) is 36.1. The molecule has 27 heavy (non-hydrogen) atoms. The monoisotopic (exact) mass is 373 g/mol. The predicted molar refractivity (Wildman–Crippen MR) is 95.3 cm³/mol. The van der Waals surface area contributed by atoms with E-state index in [1.807, 2.05) is 0 Å². The van der Waals surface area contributed by atoms with Crippen LogP contribution in [0.1, 0.15) is 49.4 Å². The highest BCUT2D eigenvalue weighted by molar-refractivity contribution is 5.96. The zero-order valence-electron chi connectivity index (χ0n) is 15.4. The van der Waals surface area contributed by atoms with E-state index < -0.39 is 29.6 Å². The Morgan fingerprint density at radius 2 is 1.74 bits per heavy atom. The third-order valence-electron chi connectivity index (χ3n) is 5.67. The minimum absolute atomic E-state index is 0.00621. The Balaban J connectivity index is 1.53. The molecule has 2 aliphatic carbocycles. The smallest absolute Gasteiger partial charge is 0.269 e. The van der Waals surface area contributed by atoms with Gasteiger partial charge in [-0.1, -0.05) is 13.3 Å². The Morgan fingerprint density at radius 1 is 1.07 bits per heavy atom. The minimum Gasteiger partial charge on any atom is -0.550 e. The van der Waals surface area contributed by atoms with E-state index in [2.05, 4.69) is 17.8 Å². The van der Waals surface area contributed by atoms with Crippen LogP contribution < -0.4 is 20.7 Å². The summed E-state index contributed by atoms with van der Waals surface area (Å²) in [5.74, 6) is -2.75. The zero-order valence-corrected chi connectivity index (χ0v) is 15.4. The highest BCUT2D eigenvalue weighted by Gasteiger charge is 2.51. The van der Waals surface area contributed by atoms with Crippen LogP contribution in [0.5, 0.6) is 5.75 Å². The minimum atomic E-state index is -1.17. The molecule has 2 bridgehead atoms. The molecule has 0 heterocycles. The van der Waals surface area contributed by atoms with Crippen molar-refractivity contribution in [2.75, 3.05) is 6.61 Å². The average molecular weight is 373 g/mol. The third kappa shape index (κ3) is 4.23. The molecule has 2 fully saturated rings. The van der Waals surface area contributed by atoms with E-state index in [1.165, 1.54) is 0 Å². The van der Waals surface area contributed by atoms with Crippen molar-refractivity contribution >= 4 is 17.8 Å². The number of amides is 2. The Hall–Kier alpha value is -2.57. The van der Waals surface area contributed by atoms with Gasteiger partial charge in [0.1, 0.15) is 5.75 Å². The van der Waals surface area contributed by atoms with Crippen LogP contribution in [0.15, 0.2) is 24.3 Å². The maximum Gasteiger partial charge on any atom is 0.269 e. The van der Waals surface area contributed by atoms with Crippen LogP contribution in [-0.4, -0.2) is 24.4 Å². The first-order valence-corrected chi connectivity index (χ1v) is 9.55. The first kappa shape index (κ1) is 19.2. The van der Waals surface area contributed by atoms with Crippen LogP contribution in [0.2, 0.25) is 0 Å². The van der Waals surface area contributed by atoms with Crippen LogP contribution in [0.4, 0.5) is 0 Å². The summed E-state index contributed by atoms with van der Waals surface area (Å²) in [5.41, 5.74) is 5.14. The zero-order chi connectivity index (χ0) is 19.4. The van der Waals surface area contributed by atoms with Gasteiger partial charge >= 0.3 is 0 Å².